The Kier molecular flexibility index (Phi) is 11.1. The van der Waals surface area contributed by atoms with Crippen molar-refractivity contribution < 1.29 is 0 Å². The van der Waals surface area contributed by atoms with Gasteiger partial charge in [0.15, 0.2) is 11.6 Å². The van der Waals surface area contributed by atoms with Crippen LogP contribution in [0.15, 0.2) is 140 Å². The van der Waals surface area contributed by atoms with E-state index in [0.717, 1.165) is 22.1 Å². The lowest BCUT2D eigenvalue weighted by molar-refractivity contribution is 1.08. The fourth-order valence-corrected chi connectivity index (χ4v) is 8.20. The second-order valence-electron chi connectivity index (χ2n) is 9.57. The molecule has 16 heteroatoms. The van der Waals surface area contributed by atoms with Crippen molar-refractivity contribution in [1.29, 1.82) is 0 Å². The third-order valence-corrected chi connectivity index (χ3v) is 11.1. The lowest BCUT2D eigenvalue weighted by atomic mass is 10.3. The molecule has 0 spiro atoms. The van der Waals surface area contributed by atoms with Crippen molar-refractivity contribution in [3.63, 3.8) is 0 Å². The molecule has 0 amide bonds. The molecule has 2 aliphatic heterocycles. The van der Waals surface area contributed by atoms with Crippen LogP contribution >= 0.6 is 47.0 Å². The monoisotopic (exact) mass is 726 g/mol. The van der Waals surface area contributed by atoms with Crippen molar-refractivity contribution in [2.24, 2.45) is 0 Å². The number of fused-ring (bicyclic) bond motifs is 2. The summed E-state index contributed by atoms with van der Waals surface area (Å²) < 4.78 is 2.86. The van der Waals surface area contributed by atoms with E-state index in [1.165, 1.54) is 8.47 Å². The highest BCUT2D eigenvalue weighted by Crippen LogP contribution is 2.50. The van der Waals surface area contributed by atoms with Gasteiger partial charge >= 0.3 is 0 Å². The Morgan fingerprint density at radius 3 is 1.16 bits per heavy atom. The van der Waals surface area contributed by atoms with Gasteiger partial charge in [-0.25, -0.2) is 19.9 Å². The maximum absolute atomic E-state index is 4.44. The van der Waals surface area contributed by atoms with Crippen LogP contribution in [0.3, 0.4) is 0 Å². The predicted octanol–water partition coefficient (Wildman–Crippen LogP) is 7.37. The standard InChI is InChI=1S/C14H8N4.C8H6N4.C6H4N4.C6H4S4/c1-2-6-10-9(5-1)15-13(16-10)14-17-11-7-3-4-8-12(11)18-14;1-3-9-7(10-4-1)8-11-5-2-6-12-8;2*1-2-8-5(7-1)6-9-3-4-10-6/h1-8H;1-6H;2*1-4H/q-2;;-2;. The fourth-order valence-electron chi connectivity index (χ4n) is 4.16. The topological polar surface area (TPSA) is 160 Å². The molecule has 0 fully saturated rings. The molecular weight excluding hydrogens is 705 g/mol. The smallest absolute Gasteiger partial charge is 0.197 e. The zero-order valence-electron chi connectivity index (χ0n) is 25.7. The van der Waals surface area contributed by atoms with Crippen LogP contribution in [0.2, 0.25) is 0 Å². The Balaban J connectivity index is 0.000000108. The van der Waals surface area contributed by atoms with Crippen LogP contribution in [0.5, 0.6) is 0 Å². The third-order valence-electron chi connectivity index (χ3n) is 6.30. The van der Waals surface area contributed by atoms with Gasteiger partial charge in [0.05, 0.1) is 8.47 Å². The van der Waals surface area contributed by atoms with Gasteiger partial charge in [-0.15, -0.1) is 0 Å². The molecule has 12 nitrogen and oxygen atoms in total. The summed E-state index contributed by atoms with van der Waals surface area (Å²) in [4.78, 5) is 49.5. The van der Waals surface area contributed by atoms with E-state index in [1.807, 2.05) is 95.6 Å². The van der Waals surface area contributed by atoms with Gasteiger partial charge in [-0.2, -0.15) is 0 Å². The first-order valence-electron chi connectivity index (χ1n) is 14.7. The van der Waals surface area contributed by atoms with Gasteiger partial charge < -0.3 is 39.9 Å². The molecule has 50 heavy (non-hydrogen) atoms. The van der Waals surface area contributed by atoms with Crippen molar-refractivity contribution in [3.8, 4) is 34.9 Å². The molecule has 246 valence electrons. The number of rotatable bonds is 3. The Hall–Kier alpha value is -5.42. The summed E-state index contributed by atoms with van der Waals surface area (Å²) in [5.41, 5.74) is 3.51. The van der Waals surface area contributed by atoms with E-state index in [4.69, 9.17) is 0 Å². The second kappa shape index (κ2) is 16.8. The maximum Gasteiger partial charge on any atom is 0.197 e. The summed E-state index contributed by atoms with van der Waals surface area (Å²) in [7, 11) is 0. The maximum atomic E-state index is 4.44. The second-order valence-corrected chi connectivity index (χ2v) is 13.7. The molecule has 6 aromatic heterocycles. The molecule has 0 saturated heterocycles. The number of aromatic nitrogens is 12. The van der Waals surface area contributed by atoms with E-state index in [-0.39, 0.29) is 0 Å². The van der Waals surface area contributed by atoms with Gasteiger partial charge in [-0.05, 0) is 55.8 Å². The number of hydrogen-bond acceptors (Lipinski definition) is 12. The molecule has 8 aromatic rings. The first kappa shape index (κ1) is 33.1. The number of benzene rings is 2. The number of thioether (sulfide) groups is 4. The molecule has 2 aliphatic rings. The highest BCUT2D eigenvalue weighted by molar-refractivity contribution is 8.33. The highest BCUT2D eigenvalue weighted by atomic mass is 32.2. The average molecular weight is 727 g/mol. The SMILES string of the molecule is C1=CSC(=C2SC=CS2)S1.c1c[n-]c(-c2ncc[n-]2)n1.c1ccc2[n-]c(-c3nc4ccccc4[n-]3)nc2c1.c1cnc(-c2ncccn2)nc1. The van der Waals surface area contributed by atoms with Crippen LogP contribution in [0.1, 0.15) is 0 Å². The van der Waals surface area contributed by atoms with Crippen LogP contribution < -0.4 is 19.9 Å². The average Bonchev–Trinajstić information content (AvgIpc) is 4.02. The van der Waals surface area contributed by atoms with Gasteiger partial charge in [0.1, 0.15) is 0 Å². The van der Waals surface area contributed by atoms with E-state index >= 15 is 0 Å². The minimum atomic E-state index is 0.554. The van der Waals surface area contributed by atoms with E-state index in [9.17, 15) is 0 Å². The van der Waals surface area contributed by atoms with Gasteiger partial charge in [-0.1, -0.05) is 144 Å². The first-order chi connectivity index (χ1) is 24.8. The Morgan fingerprint density at radius 1 is 0.400 bits per heavy atom. The van der Waals surface area contributed by atoms with Crippen LogP contribution in [0.25, 0.3) is 57.0 Å². The van der Waals surface area contributed by atoms with Gasteiger partial charge in [-0.3, -0.25) is 0 Å². The highest BCUT2D eigenvalue weighted by Gasteiger charge is 2.12. The number of nitrogens with zero attached hydrogens (tertiary/aromatic N) is 12. The molecule has 8 heterocycles. The van der Waals surface area contributed by atoms with Crippen molar-refractivity contribution in [2.75, 3.05) is 0 Å². The van der Waals surface area contributed by atoms with E-state index < -0.39 is 0 Å². The first-order valence-corrected chi connectivity index (χ1v) is 18.2. The molecule has 0 aliphatic carbocycles. The Bertz CT molecular complexity index is 2080. The zero-order valence-corrected chi connectivity index (χ0v) is 29.0. The molecule has 0 saturated carbocycles. The summed E-state index contributed by atoms with van der Waals surface area (Å²) in [6.45, 7) is 0. The molecule has 0 unspecified atom stereocenters. The van der Waals surface area contributed by atoms with Crippen LogP contribution in [0.4, 0.5) is 0 Å². The summed E-state index contributed by atoms with van der Waals surface area (Å²) in [5.74, 6) is 3.46. The normalized spacial score (nSPS) is 13.0. The van der Waals surface area contributed by atoms with Crippen molar-refractivity contribution in [1.82, 2.24) is 59.8 Å². The Labute approximate surface area is 302 Å². The largest absolute Gasteiger partial charge is 0.443 e. The molecular formula is C34H22N12S4-4. The van der Waals surface area contributed by atoms with Crippen LogP contribution in [-0.2, 0) is 0 Å². The van der Waals surface area contributed by atoms with Gasteiger partial charge in [0, 0.05) is 24.8 Å². The predicted molar refractivity (Wildman–Crippen MR) is 202 cm³/mol. The van der Waals surface area contributed by atoms with Gasteiger partial charge in [0.25, 0.3) is 0 Å². The molecule has 2 aromatic carbocycles. The molecule has 0 radical (unpaired) electrons. The summed E-state index contributed by atoms with van der Waals surface area (Å²) in [6, 6.07) is 19.1. The molecule has 10 rings (SSSR count). The van der Waals surface area contributed by atoms with Crippen LogP contribution in [0, 0.1) is 0 Å². The van der Waals surface area contributed by atoms with E-state index in [2.05, 4.69) is 81.4 Å². The molecule has 0 N–H and O–H groups in total. The summed E-state index contributed by atoms with van der Waals surface area (Å²) in [5, 5.41) is 8.53. The summed E-state index contributed by atoms with van der Waals surface area (Å²) in [6.07, 6.45) is 13.1. The number of hydrogen-bond donors (Lipinski definition) is 0. The Morgan fingerprint density at radius 2 is 0.800 bits per heavy atom. The fraction of sp³-hybridized carbons (Fsp3) is 0. The van der Waals surface area contributed by atoms with Crippen molar-refractivity contribution >= 4 is 69.1 Å². The lowest BCUT2D eigenvalue weighted by Crippen LogP contribution is -1.91. The lowest BCUT2D eigenvalue weighted by Gasteiger charge is -2.05. The van der Waals surface area contributed by atoms with Crippen molar-refractivity contribution in [2.45, 2.75) is 0 Å². The van der Waals surface area contributed by atoms with E-state index in [1.54, 1.807) is 61.7 Å². The zero-order chi connectivity index (χ0) is 33.8. The minimum Gasteiger partial charge on any atom is -0.443 e. The third kappa shape index (κ3) is 8.59. The molecule has 0 bridgehead atoms. The minimum absolute atomic E-state index is 0.554. The number of para-hydroxylation sites is 4. The van der Waals surface area contributed by atoms with E-state index in [0.29, 0.717) is 34.9 Å². The quantitative estimate of drug-likeness (QED) is 0.177. The van der Waals surface area contributed by atoms with Gasteiger partial charge in [0.2, 0.25) is 0 Å². The summed E-state index contributed by atoms with van der Waals surface area (Å²) >= 11 is 7.28. The van der Waals surface area contributed by atoms with Crippen LogP contribution in [-0.4, -0.2) is 39.9 Å². The number of imidazole rings is 4. The molecule has 0 atom stereocenters. The van der Waals surface area contributed by atoms with Crippen molar-refractivity contribution in [3.05, 3.63) is 140 Å².